The highest BCUT2D eigenvalue weighted by Crippen LogP contribution is 2.32. The van der Waals surface area contributed by atoms with Crippen LogP contribution in [0.4, 0.5) is 0 Å². The van der Waals surface area contributed by atoms with Crippen LogP contribution in [0, 0.1) is 6.92 Å². The molecule has 0 N–H and O–H groups in total. The SMILES string of the molecule is Cc1cccc(S(=O)(=O)c2cc(Br)ccc2OCC2CO2)c1. The predicted octanol–water partition coefficient (Wildman–Crippen LogP) is 3.37. The molecule has 3 rings (SSSR count). The summed E-state index contributed by atoms with van der Waals surface area (Å²) in [6, 6.07) is 11.8. The van der Waals surface area contributed by atoms with E-state index < -0.39 is 9.84 Å². The van der Waals surface area contributed by atoms with Crippen LogP contribution in [0.5, 0.6) is 5.75 Å². The number of sulfone groups is 1. The lowest BCUT2D eigenvalue weighted by molar-refractivity contribution is 0.258. The van der Waals surface area contributed by atoms with E-state index in [1.54, 1.807) is 36.4 Å². The van der Waals surface area contributed by atoms with Crippen LogP contribution in [-0.2, 0) is 14.6 Å². The molecule has 1 fully saturated rings. The second-order valence-corrected chi connectivity index (χ2v) is 8.01. The molecule has 0 radical (unpaired) electrons. The second kappa shape index (κ2) is 6.02. The Morgan fingerprint density at radius 2 is 2.05 bits per heavy atom. The van der Waals surface area contributed by atoms with Crippen molar-refractivity contribution in [3.05, 3.63) is 52.5 Å². The molecule has 0 spiro atoms. The summed E-state index contributed by atoms with van der Waals surface area (Å²) in [6.45, 7) is 2.89. The molecule has 1 aliphatic rings. The molecule has 0 saturated carbocycles. The Kier molecular flexibility index (Phi) is 4.25. The zero-order valence-electron chi connectivity index (χ0n) is 12.0. The molecule has 1 atom stereocenters. The van der Waals surface area contributed by atoms with E-state index in [1.807, 2.05) is 13.0 Å². The molecular formula is C16H15BrO4S. The van der Waals surface area contributed by atoms with E-state index in [9.17, 15) is 8.42 Å². The van der Waals surface area contributed by atoms with Crippen LogP contribution in [0.1, 0.15) is 5.56 Å². The third-order valence-corrected chi connectivity index (χ3v) is 5.59. The first-order valence-corrected chi connectivity index (χ1v) is 9.10. The maximum absolute atomic E-state index is 12.9. The average molecular weight is 383 g/mol. The molecule has 2 aromatic carbocycles. The van der Waals surface area contributed by atoms with Gasteiger partial charge in [0.2, 0.25) is 9.84 Å². The topological polar surface area (TPSA) is 55.9 Å². The van der Waals surface area contributed by atoms with Crippen molar-refractivity contribution in [3.63, 3.8) is 0 Å². The van der Waals surface area contributed by atoms with Crippen LogP contribution in [0.3, 0.4) is 0 Å². The zero-order chi connectivity index (χ0) is 15.7. The number of ether oxygens (including phenoxy) is 2. The van der Waals surface area contributed by atoms with Gasteiger partial charge in [0.1, 0.15) is 23.4 Å². The van der Waals surface area contributed by atoms with E-state index in [1.165, 1.54) is 0 Å². The van der Waals surface area contributed by atoms with Crippen LogP contribution >= 0.6 is 15.9 Å². The lowest BCUT2D eigenvalue weighted by Gasteiger charge is -2.12. The van der Waals surface area contributed by atoms with Crippen molar-refractivity contribution in [3.8, 4) is 5.75 Å². The molecule has 116 valence electrons. The zero-order valence-corrected chi connectivity index (χ0v) is 14.4. The quantitative estimate of drug-likeness (QED) is 0.743. The summed E-state index contributed by atoms with van der Waals surface area (Å²) in [5.74, 6) is 0.347. The molecule has 0 aromatic heterocycles. The van der Waals surface area contributed by atoms with Gasteiger partial charge in [-0.2, -0.15) is 0 Å². The molecule has 0 amide bonds. The van der Waals surface area contributed by atoms with Gasteiger partial charge in [-0.05, 0) is 42.8 Å². The number of epoxide rings is 1. The lowest BCUT2D eigenvalue weighted by atomic mass is 10.2. The Hall–Kier alpha value is -1.37. The van der Waals surface area contributed by atoms with Crippen LogP contribution < -0.4 is 4.74 Å². The van der Waals surface area contributed by atoms with E-state index in [0.717, 1.165) is 5.56 Å². The van der Waals surface area contributed by atoms with Gasteiger partial charge in [0.25, 0.3) is 0 Å². The van der Waals surface area contributed by atoms with Crippen LogP contribution in [0.15, 0.2) is 56.7 Å². The van der Waals surface area contributed by atoms with Crippen molar-refractivity contribution in [1.82, 2.24) is 0 Å². The number of aryl methyl sites for hydroxylation is 1. The van der Waals surface area contributed by atoms with Crippen molar-refractivity contribution in [2.24, 2.45) is 0 Å². The Morgan fingerprint density at radius 1 is 1.27 bits per heavy atom. The molecule has 2 aromatic rings. The highest BCUT2D eigenvalue weighted by Gasteiger charge is 2.26. The standard InChI is InChI=1S/C16H15BrO4S/c1-11-3-2-4-14(7-11)22(18,19)16-8-12(17)5-6-15(16)21-10-13-9-20-13/h2-8,13H,9-10H2,1H3. The molecule has 1 heterocycles. The molecule has 22 heavy (non-hydrogen) atoms. The Morgan fingerprint density at radius 3 is 2.73 bits per heavy atom. The minimum absolute atomic E-state index is 0.0678. The summed E-state index contributed by atoms with van der Waals surface area (Å²) in [4.78, 5) is 0.422. The average Bonchev–Trinajstić information content (AvgIpc) is 3.30. The Balaban J connectivity index is 2.02. The van der Waals surface area contributed by atoms with Gasteiger partial charge in [-0.15, -0.1) is 0 Å². The number of hydrogen-bond donors (Lipinski definition) is 0. The minimum Gasteiger partial charge on any atom is -0.489 e. The van der Waals surface area contributed by atoms with E-state index in [-0.39, 0.29) is 15.9 Å². The van der Waals surface area contributed by atoms with E-state index >= 15 is 0 Å². The van der Waals surface area contributed by atoms with Gasteiger partial charge in [-0.1, -0.05) is 28.1 Å². The smallest absolute Gasteiger partial charge is 0.210 e. The normalized spacial score (nSPS) is 17.3. The van der Waals surface area contributed by atoms with Crippen molar-refractivity contribution in [2.45, 2.75) is 22.8 Å². The van der Waals surface area contributed by atoms with Gasteiger partial charge in [0, 0.05) is 4.47 Å². The molecule has 1 aliphatic heterocycles. The summed E-state index contributed by atoms with van der Waals surface area (Å²) in [5.41, 5.74) is 0.893. The lowest BCUT2D eigenvalue weighted by Crippen LogP contribution is -2.09. The predicted molar refractivity (Wildman–Crippen MR) is 86.0 cm³/mol. The van der Waals surface area contributed by atoms with Gasteiger partial charge in [0.15, 0.2) is 0 Å². The first-order valence-electron chi connectivity index (χ1n) is 6.82. The minimum atomic E-state index is -3.64. The molecule has 0 aliphatic carbocycles. The van der Waals surface area contributed by atoms with Gasteiger partial charge in [-0.25, -0.2) is 8.42 Å². The molecule has 1 saturated heterocycles. The fraction of sp³-hybridized carbons (Fsp3) is 0.250. The van der Waals surface area contributed by atoms with E-state index in [0.29, 0.717) is 23.4 Å². The highest BCUT2D eigenvalue weighted by atomic mass is 79.9. The van der Waals surface area contributed by atoms with Gasteiger partial charge in [0.05, 0.1) is 11.5 Å². The maximum Gasteiger partial charge on any atom is 0.210 e. The summed E-state index contributed by atoms with van der Waals surface area (Å²) in [7, 11) is -3.64. The molecule has 1 unspecified atom stereocenters. The van der Waals surface area contributed by atoms with Crippen LogP contribution in [0.25, 0.3) is 0 Å². The second-order valence-electron chi connectivity index (χ2n) is 5.18. The third-order valence-electron chi connectivity index (χ3n) is 3.32. The van der Waals surface area contributed by atoms with Gasteiger partial charge >= 0.3 is 0 Å². The fourth-order valence-corrected chi connectivity index (χ4v) is 4.11. The fourth-order valence-electron chi connectivity index (χ4n) is 2.07. The molecule has 0 bridgehead atoms. The number of hydrogen-bond acceptors (Lipinski definition) is 4. The summed E-state index contributed by atoms with van der Waals surface area (Å²) in [6.07, 6.45) is 0.0678. The first-order chi connectivity index (χ1) is 10.5. The third kappa shape index (κ3) is 3.34. The highest BCUT2D eigenvalue weighted by molar-refractivity contribution is 9.10. The molecule has 4 nitrogen and oxygen atoms in total. The molecule has 6 heteroatoms. The van der Waals surface area contributed by atoms with Crippen LogP contribution in [-0.4, -0.2) is 27.7 Å². The number of rotatable bonds is 5. The first kappa shape index (κ1) is 15.5. The summed E-state index contributed by atoms with van der Waals surface area (Å²) in [5, 5.41) is 0. The van der Waals surface area contributed by atoms with Crippen molar-refractivity contribution in [1.29, 1.82) is 0 Å². The van der Waals surface area contributed by atoms with E-state index in [2.05, 4.69) is 15.9 Å². The Bertz CT molecular complexity index is 798. The summed E-state index contributed by atoms with van der Waals surface area (Å²) < 4.78 is 37.2. The number of benzene rings is 2. The van der Waals surface area contributed by atoms with Gasteiger partial charge < -0.3 is 9.47 Å². The van der Waals surface area contributed by atoms with Crippen molar-refractivity contribution < 1.29 is 17.9 Å². The Labute approximate surface area is 138 Å². The van der Waals surface area contributed by atoms with E-state index in [4.69, 9.17) is 9.47 Å². The summed E-state index contributed by atoms with van der Waals surface area (Å²) >= 11 is 3.32. The van der Waals surface area contributed by atoms with Gasteiger partial charge in [-0.3, -0.25) is 0 Å². The monoisotopic (exact) mass is 382 g/mol. The number of halogens is 1. The van der Waals surface area contributed by atoms with Crippen molar-refractivity contribution in [2.75, 3.05) is 13.2 Å². The van der Waals surface area contributed by atoms with Crippen molar-refractivity contribution >= 4 is 25.8 Å². The molecular weight excluding hydrogens is 368 g/mol. The maximum atomic E-state index is 12.9. The van der Waals surface area contributed by atoms with Crippen LogP contribution in [0.2, 0.25) is 0 Å². The largest absolute Gasteiger partial charge is 0.489 e.